The van der Waals surface area contributed by atoms with Crippen molar-refractivity contribution in [2.75, 3.05) is 52.3 Å². The average molecular weight is 407 g/mol. The van der Waals surface area contributed by atoms with E-state index in [9.17, 15) is 13.2 Å². The Hall–Kier alpha value is -2.36. The Morgan fingerprint density at radius 3 is 2.21 bits per heavy atom. The van der Waals surface area contributed by atoms with Crippen molar-refractivity contribution in [2.45, 2.75) is 11.6 Å². The molecule has 9 heteroatoms. The van der Waals surface area contributed by atoms with Gasteiger partial charge in [-0.2, -0.15) is 0 Å². The predicted octanol–water partition coefficient (Wildman–Crippen LogP) is 0.887. The van der Waals surface area contributed by atoms with Crippen molar-refractivity contribution in [3.05, 3.63) is 52.9 Å². The number of benzene rings is 1. The van der Waals surface area contributed by atoms with E-state index in [1.54, 1.807) is 7.11 Å². The van der Waals surface area contributed by atoms with Crippen LogP contribution in [-0.4, -0.2) is 69.6 Å². The standard InChI is InChI=1S/C19H26N4O4S/c1-20(2)28(25,26)18-8-9-19(24)23(14-18)15-21-10-12-22(13-11-21)16-4-6-17(27-3)7-5-16/h4-9,14H,10-13,15H2,1-3H3. The molecule has 1 aromatic heterocycles. The van der Waals surface area contributed by atoms with Crippen LogP contribution in [0.2, 0.25) is 0 Å². The SMILES string of the molecule is COc1ccc(N2CCN(Cn3cc(S(=O)(=O)N(C)C)ccc3=O)CC2)cc1. The molecule has 152 valence electrons. The molecule has 0 saturated carbocycles. The smallest absolute Gasteiger partial charge is 0.251 e. The van der Waals surface area contributed by atoms with E-state index in [0.717, 1.165) is 41.9 Å². The van der Waals surface area contributed by atoms with Gasteiger partial charge >= 0.3 is 0 Å². The van der Waals surface area contributed by atoms with Crippen molar-refractivity contribution in [1.29, 1.82) is 0 Å². The number of methoxy groups -OCH3 is 1. The van der Waals surface area contributed by atoms with Gasteiger partial charge in [-0.25, -0.2) is 12.7 Å². The number of rotatable bonds is 6. The van der Waals surface area contributed by atoms with Gasteiger partial charge in [-0.15, -0.1) is 0 Å². The first-order valence-electron chi connectivity index (χ1n) is 9.05. The molecule has 0 atom stereocenters. The van der Waals surface area contributed by atoms with Crippen molar-refractivity contribution >= 4 is 15.7 Å². The van der Waals surface area contributed by atoms with Gasteiger partial charge in [0.1, 0.15) is 5.75 Å². The lowest BCUT2D eigenvalue weighted by atomic mass is 10.2. The second-order valence-electron chi connectivity index (χ2n) is 6.90. The van der Waals surface area contributed by atoms with E-state index in [1.807, 2.05) is 24.3 Å². The van der Waals surface area contributed by atoms with Crippen molar-refractivity contribution in [1.82, 2.24) is 13.8 Å². The van der Waals surface area contributed by atoms with Gasteiger partial charge in [0.15, 0.2) is 0 Å². The van der Waals surface area contributed by atoms with Crippen molar-refractivity contribution in [2.24, 2.45) is 0 Å². The lowest BCUT2D eigenvalue weighted by Gasteiger charge is -2.36. The molecule has 28 heavy (non-hydrogen) atoms. The van der Waals surface area contributed by atoms with Crippen LogP contribution in [0.3, 0.4) is 0 Å². The molecule has 0 amide bonds. The highest BCUT2D eigenvalue weighted by atomic mass is 32.2. The summed E-state index contributed by atoms with van der Waals surface area (Å²) in [6, 6.07) is 10.6. The van der Waals surface area contributed by atoms with E-state index in [-0.39, 0.29) is 10.5 Å². The molecule has 2 heterocycles. The lowest BCUT2D eigenvalue weighted by Crippen LogP contribution is -2.47. The van der Waals surface area contributed by atoms with Crippen LogP contribution in [0.1, 0.15) is 0 Å². The number of piperazine rings is 1. The molecule has 0 aliphatic carbocycles. The van der Waals surface area contributed by atoms with Crippen LogP contribution < -0.4 is 15.2 Å². The first-order valence-corrected chi connectivity index (χ1v) is 10.5. The number of hydrogen-bond acceptors (Lipinski definition) is 6. The summed E-state index contributed by atoms with van der Waals surface area (Å²) in [6.45, 7) is 3.59. The van der Waals surface area contributed by atoms with Crippen LogP contribution in [-0.2, 0) is 16.7 Å². The summed E-state index contributed by atoms with van der Waals surface area (Å²) in [5.41, 5.74) is 0.923. The van der Waals surface area contributed by atoms with E-state index in [1.165, 1.54) is 37.0 Å². The van der Waals surface area contributed by atoms with Gasteiger partial charge in [0.2, 0.25) is 10.0 Å². The summed E-state index contributed by atoms with van der Waals surface area (Å²) in [5, 5.41) is 0. The van der Waals surface area contributed by atoms with Crippen LogP contribution >= 0.6 is 0 Å². The molecule has 8 nitrogen and oxygen atoms in total. The molecule has 1 aliphatic heterocycles. The number of anilines is 1. The zero-order valence-corrected chi connectivity index (χ0v) is 17.2. The van der Waals surface area contributed by atoms with Crippen LogP contribution in [0, 0.1) is 0 Å². The van der Waals surface area contributed by atoms with Gasteiger partial charge < -0.3 is 14.2 Å². The van der Waals surface area contributed by atoms with E-state index < -0.39 is 10.0 Å². The fourth-order valence-electron chi connectivity index (χ4n) is 3.14. The van der Waals surface area contributed by atoms with Crippen molar-refractivity contribution in [3.8, 4) is 5.75 Å². The van der Waals surface area contributed by atoms with Gasteiger partial charge in [0.25, 0.3) is 5.56 Å². The van der Waals surface area contributed by atoms with Crippen LogP contribution in [0.25, 0.3) is 0 Å². The molecular formula is C19H26N4O4S. The Kier molecular flexibility index (Phi) is 6.07. The second kappa shape index (κ2) is 8.34. The Balaban J connectivity index is 1.66. The highest BCUT2D eigenvalue weighted by Crippen LogP contribution is 2.20. The summed E-state index contributed by atoms with van der Waals surface area (Å²) in [6.07, 6.45) is 1.42. The molecule has 1 aliphatic rings. The monoisotopic (exact) mass is 406 g/mol. The molecule has 2 aromatic rings. The first kappa shape index (κ1) is 20.4. The van der Waals surface area contributed by atoms with E-state index >= 15 is 0 Å². The fourth-order valence-corrected chi connectivity index (χ4v) is 4.06. The number of sulfonamides is 1. The van der Waals surface area contributed by atoms with E-state index in [2.05, 4.69) is 9.80 Å². The highest BCUT2D eigenvalue weighted by molar-refractivity contribution is 7.89. The minimum Gasteiger partial charge on any atom is -0.497 e. The molecule has 1 saturated heterocycles. The maximum Gasteiger partial charge on any atom is 0.251 e. The third kappa shape index (κ3) is 4.37. The van der Waals surface area contributed by atoms with E-state index in [4.69, 9.17) is 4.74 Å². The summed E-state index contributed by atoms with van der Waals surface area (Å²) in [7, 11) is 1.03. The Morgan fingerprint density at radius 2 is 1.64 bits per heavy atom. The second-order valence-corrected chi connectivity index (χ2v) is 9.06. The van der Waals surface area contributed by atoms with Gasteiger partial charge in [0, 0.05) is 58.2 Å². The Morgan fingerprint density at radius 1 is 1.00 bits per heavy atom. The molecule has 0 bridgehead atoms. The molecule has 0 N–H and O–H groups in total. The summed E-state index contributed by atoms with van der Waals surface area (Å²) >= 11 is 0. The largest absolute Gasteiger partial charge is 0.497 e. The topological polar surface area (TPSA) is 75.1 Å². The van der Waals surface area contributed by atoms with Crippen molar-refractivity contribution in [3.63, 3.8) is 0 Å². The molecule has 1 fully saturated rings. The third-order valence-corrected chi connectivity index (χ3v) is 6.70. The number of nitrogens with zero attached hydrogens (tertiary/aromatic N) is 4. The van der Waals surface area contributed by atoms with Gasteiger partial charge in [0.05, 0.1) is 18.7 Å². The molecule has 0 unspecified atom stereocenters. The minimum absolute atomic E-state index is 0.119. The van der Waals surface area contributed by atoms with Crippen LogP contribution in [0.15, 0.2) is 52.3 Å². The summed E-state index contributed by atoms with van der Waals surface area (Å²) < 4.78 is 32.4. The zero-order valence-electron chi connectivity index (χ0n) is 16.4. The average Bonchev–Trinajstić information content (AvgIpc) is 2.70. The molecule has 1 aromatic carbocycles. The molecule has 0 spiro atoms. The number of ether oxygens (including phenoxy) is 1. The first-order chi connectivity index (χ1) is 13.3. The molecular weight excluding hydrogens is 380 g/mol. The summed E-state index contributed by atoms with van der Waals surface area (Å²) in [5.74, 6) is 0.828. The van der Waals surface area contributed by atoms with Crippen LogP contribution in [0.5, 0.6) is 5.75 Å². The number of pyridine rings is 1. The fraction of sp³-hybridized carbons (Fsp3) is 0.421. The predicted molar refractivity (Wildman–Crippen MR) is 108 cm³/mol. The highest BCUT2D eigenvalue weighted by Gasteiger charge is 2.20. The normalized spacial score (nSPS) is 15.8. The van der Waals surface area contributed by atoms with Gasteiger partial charge in [-0.05, 0) is 30.3 Å². The van der Waals surface area contributed by atoms with Crippen LogP contribution in [0.4, 0.5) is 5.69 Å². The maximum absolute atomic E-state index is 12.3. The van der Waals surface area contributed by atoms with Gasteiger partial charge in [-0.3, -0.25) is 9.69 Å². The Bertz CT molecular complexity index is 962. The molecule has 0 radical (unpaired) electrons. The summed E-state index contributed by atoms with van der Waals surface area (Å²) in [4.78, 5) is 16.7. The van der Waals surface area contributed by atoms with Crippen molar-refractivity contribution < 1.29 is 13.2 Å². The van der Waals surface area contributed by atoms with E-state index in [0.29, 0.717) is 6.67 Å². The van der Waals surface area contributed by atoms with Gasteiger partial charge in [-0.1, -0.05) is 0 Å². The number of aromatic nitrogens is 1. The molecule has 3 rings (SSSR count). The maximum atomic E-state index is 12.3. The zero-order chi connectivity index (χ0) is 20.3. The quantitative estimate of drug-likeness (QED) is 0.709. The third-order valence-electron chi connectivity index (χ3n) is 4.90. The minimum atomic E-state index is -3.57. The lowest BCUT2D eigenvalue weighted by molar-refractivity contribution is 0.202. The number of hydrogen-bond donors (Lipinski definition) is 0. The Labute approximate surface area is 165 Å².